The summed E-state index contributed by atoms with van der Waals surface area (Å²) in [6.45, 7) is 2.94. The molecular weight excluding hydrogens is 278 g/mol. The number of nitro groups is 1. The van der Waals surface area contributed by atoms with Crippen LogP contribution in [0.3, 0.4) is 0 Å². The highest BCUT2D eigenvalue weighted by molar-refractivity contribution is 5.72. The van der Waals surface area contributed by atoms with Crippen LogP contribution in [0.15, 0.2) is 18.3 Å². The van der Waals surface area contributed by atoms with E-state index in [1.807, 2.05) is 6.92 Å². The zero-order valence-corrected chi connectivity index (χ0v) is 11.6. The van der Waals surface area contributed by atoms with E-state index in [1.165, 1.54) is 18.3 Å². The topological polar surface area (TPSA) is 106 Å². The van der Waals surface area contributed by atoms with Crippen molar-refractivity contribution >= 4 is 17.5 Å². The van der Waals surface area contributed by atoms with E-state index in [-0.39, 0.29) is 24.9 Å². The maximum Gasteiger partial charge on any atom is 0.311 e. The van der Waals surface area contributed by atoms with Gasteiger partial charge in [0.1, 0.15) is 11.7 Å². The van der Waals surface area contributed by atoms with Crippen molar-refractivity contribution in [3.8, 4) is 0 Å². The predicted molar refractivity (Wildman–Crippen MR) is 74.3 cm³/mol. The molecule has 1 aliphatic heterocycles. The zero-order valence-electron chi connectivity index (χ0n) is 11.6. The average molecular weight is 295 g/mol. The molecule has 2 rings (SSSR count). The zero-order chi connectivity index (χ0) is 15.4. The smallest absolute Gasteiger partial charge is 0.311 e. The number of hydrogen-bond acceptors (Lipinski definition) is 6. The van der Waals surface area contributed by atoms with Crippen LogP contribution >= 0.6 is 0 Å². The van der Waals surface area contributed by atoms with Gasteiger partial charge in [0.15, 0.2) is 0 Å². The summed E-state index contributed by atoms with van der Waals surface area (Å²) in [5.74, 6) is -1.17. The number of carboxylic acids is 1. The lowest BCUT2D eigenvalue weighted by Crippen LogP contribution is -2.44. The Hall–Kier alpha value is -2.22. The summed E-state index contributed by atoms with van der Waals surface area (Å²) in [6, 6.07) is 2.32. The third-order valence-electron chi connectivity index (χ3n) is 3.47. The van der Waals surface area contributed by atoms with Crippen molar-refractivity contribution in [3.63, 3.8) is 0 Å². The molecule has 0 aromatic carbocycles. The standard InChI is InChI=1S/C13H17N3O5/c1-2-5-15(11-8-21-7-10(11)13(17)18)12-6-9(16(19)20)3-4-14-12/h3-4,6,10-11H,2,5,7-8H2,1H3,(H,17,18). The molecule has 21 heavy (non-hydrogen) atoms. The van der Waals surface area contributed by atoms with Gasteiger partial charge in [0.25, 0.3) is 5.69 Å². The third-order valence-corrected chi connectivity index (χ3v) is 3.47. The summed E-state index contributed by atoms with van der Waals surface area (Å²) in [5.41, 5.74) is -0.0631. The number of aromatic nitrogens is 1. The van der Waals surface area contributed by atoms with Crippen LogP contribution in [-0.2, 0) is 9.53 Å². The Bertz CT molecular complexity index is 536. The molecule has 1 aliphatic rings. The first-order chi connectivity index (χ1) is 10.0. The molecule has 1 aromatic heterocycles. The number of ether oxygens (including phenoxy) is 1. The summed E-state index contributed by atoms with van der Waals surface area (Å²) in [5, 5.41) is 20.1. The number of aliphatic carboxylic acids is 1. The Balaban J connectivity index is 2.32. The quantitative estimate of drug-likeness (QED) is 0.622. The number of pyridine rings is 1. The van der Waals surface area contributed by atoms with Gasteiger partial charge in [0.05, 0.1) is 30.2 Å². The lowest BCUT2D eigenvalue weighted by atomic mass is 10.0. The van der Waals surface area contributed by atoms with E-state index in [9.17, 15) is 20.0 Å². The first-order valence-electron chi connectivity index (χ1n) is 6.72. The van der Waals surface area contributed by atoms with Crippen molar-refractivity contribution in [2.45, 2.75) is 19.4 Å². The van der Waals surface area contributed by atoms with Crippen LogP contribution in [0.4, 0.5) is 11.5 Å². The van der Waals surface area contributed by atoms with Crippen LogP contribution in [-0.4, -0.2) is 46.8 Å². The first kappa shape index (κ1) is 15.2. The van der Waals surface area contributed by atoms with Gasteiger partial charge >= 0.3 is 5.97 Å². The Labute approximate surface area is 121 Å². The highest BCUT2D eigenvalue weighted by Gasteiger charge is 2.38. The molecule has 2 heterocycles. The molecule has 1 fully saturated rings. The number of anilines is 1. The molecule has 2 atom stereocenters. The van der Waals surface area contributed by atoms with Crippen LogP contribution in [0.25, 0.3) is 0 Å². The lowest BCUT2D eigenvalue weighted by Gasteiger charge is -2.31. The average Bonchev–Trinajstić information content (AvgIpc) is 2.94. The predicted octanol–water partition coefficient (Wildman–Crippen LogP) is 1.31. The van der Waals surface area contributed by atoms with E-state index in [2.05, 4.69) is 4.98 Å². The van der Waals surface area contributed by atoms with Crippen molar-refractivity contribution in [2.75, 3.05) is 24.7 Å². The van der Waals surface area contributed by atoms with Gasteiger partial charge in [-0.05, 0) is 6.42 Å². The van der Waals surface area contributed by atoms with Crippen LogP contribution < -0.4 is 4.90 Å². The molecular formula is C13H17N3O5. The van der Waals surface area contributed by atoms with Gasteiger partial charge in [0, 0.05) is 18.8 Å². The number of carbonyl (C=O) groups is 1. The van der Waals surface area contributed by atoms with E-state index in [4.69, 9.17) is 4.74 Å². The van der Waals surface area contributed by atoms with E-state index >= 15 is 0 Å². The molecule has 114 valence electrons. The molecule has 8 nitrogen and oxygen atoms in total. The highest BCUT2D eigenvalue weighted by atomic mass is 16.6. The third kappa shape index (κ3) is 3.27. The molecule has 0 saturated carbocycles. The van der Waals surface area contributed by atoms with Gasteiger partial charge in [-0.3, -0.25) is 14.9 Å². The lowest BCUT2D eigenvalue weighted by molar-refractivity contribution is -0.384. The first-order valence-corrected chi connectivity index (χ1v) is 6.72. The normalized spacial score (nSPS) is 21.2. The maximum absolute atomic E-state index is 11.3. The van der Waals surface area contributed by atoms with Crippen molar-refractivity contribution in [1.82, 2.24) is 4.98 Å². The fourth-order valence-electron chi connectivity index (χ4n) is 2.46. The Morgan fingerprint density at radius 2 is 2.38 bits per heavy atom. The molecule has 1 N–H and O–H groups in total. The number of rotatable bonds is 6. The largest absolute Gasteiger partial charge is 0.481 e. The van der Waals surface area contributed by atoms with Gasteiger partial charge in [-0.2, -0.15) is 0 Å². The van der Waals surface area contributed by atoms with Crippen LogP contribution in [0, 0.1) is 16.0 Å². The summed E-state index contributed by atoms with van der Waals surface area (Å²) >= 11 is 0. The molecule has 0 aliphatic carbocycles. The monoisotopic (exact) mass is 295 g/mol. The van der Waals surface area contributed by atoms with E-state index < -0.39 is 16.8 Å². The van der Waals surface area contributed by atoms with Gasteiger partial charge in [0.2, 0.25) is 0 Å². The second kappa shape index (κ2) is 6.49. The van der Waals surface area contributed by atoms with Gasteiger partial charge in [-0.15, -0.1) is 0 Å². The second-order valence-electron chi connectivity index (χ2n) is 4.87. The van der Waals surface area contributed by atoms with Gasteiger partial charge in [-0.1, -0.05) is 6.92 Å². The summed E-state index contributed by atoms with van der Waals surface area (Å²) in [4.78, 5) is 27.6. The van der Waals surface area contributed by atoms with E-state index in [0.717, 1.165) is 6.42 Å². The second-order valence-corrected chi connectivity index (χ2v) is 4.87. The van der Waals surface area contributed by atoms with Crippen LogP contribution in [0.2, 0.25) is 0 Å². The van der Waals surface area contributed by atoms with Crippen molar-refractivity contribution in [1.29, 1.82) is 0 Å². The fourth-order valence-corrected chi connectivity index (χ4v) is 2.46. The molecule has 1 aromatic rings. The summed E-state index contributed by atoms with van der Waals surface area (Å²) in [7, 11) is 0. The minimum absolute atomic E-state index is 0.0631. The number of hydrogen-bond donors (Lipinski definition) is 1. The SMILES string of the molecule is CCCN(c1cc([N+](=O)[O-])ccn1)C1COCC1C(=O)O. The van der Waals surface area contributed by atoms with Crippen molar-refractivity contribution in [3.05, 3.63) is 28.4 Å². The maximum atomic E-state index is 11.3. The molecule has 0 amide bonds. The van der Waals surface area contributed by atoms with Crippen LogP contribution in [0.5, 0.6) is 0 Å². The molecule has 0 spiro atoms. The minimum atomic E-state index is -0.927. The Morgan fingerprint density at radius 3 is 3.00 bits per heavy atom. The van der Waals surface area contributed by atoms with Gasteiger partial charge < -0.3 is 14.7 Å². The molecule has 2 unspecified atom stereocenters. The van der Waals surface area contributed by atoms with Crippen molar-refractivity contribution < 1.29 is 19.6 Å². The summed E-state index contributed by atoms with van der Waals surface area (Å²) < 4.78 is 5.27. The Morgan fingerprint density at radius 1 is 1.62 bits per heavy atom. The van der Waals surface area contributed by atoms with Gasteiger partial charge in [-0.25, -0.2) is 4.98 Å². The number of nitrogens with zero attached hydrogens (tertiary/aromatic N) is 3. The summed E-state index contributed by atoms with van der Waals surface area (Å²) in [6.07, 6.45) is 2.13. The van der Waals surface area contributed by atoms with E-state index in [0.29, 0.717) is 12.4 Å². The Kier molecular flexibility index (Phi) is 4.69. The highest BCUT2D eigenvalue weighted by Crippen LogP contribution is 2.27. The molecule has 0 bridgehead atoms. The number of carboxylic acid groups (broad SMARTS) is 1. The minimum Gasteiger partial charge on any atom is -0.481 e. The molecule has 0 radical (unpaired) electrons. The van der Waals surface area contributed by atoms with E-state index in [1.54, 1.807) is 4.90 Å². The van der Waals surface area contributed by atoms with Crippen LogP contribution in [0.1, 0.15) is 13.3 Å². The molecule has 1 saturated heterocycles. The molecule has 8 heteroatoms. The van der Waals surface area contributed by atoms with Crippen molar-refractivity contribution in [2.24, 2.45) is 5.92 Å². The fraction of sp³-hybridized carbons (Fsp3) is 0.538.